The SMILES string of the molecule is COc1ccc(-c2nnc(SCC(=O)Nc3cccc(NC(=O)C4CCCO4)c3)n2-c2ccccc2)cc1. The van der Waals surface area contributed by atoms with Crippen LogP contribution in [0.1, 0.15) is 12.8 Å². The Morgan fingerprint density at radius 3 is 2.47 bits per heavy atom. The molecule has 1 aliphatic heterocycles. The maximum atomic E-state index is 12.8. The van der Waals surface area contributed by atoms with Crippen LogP contribution in [0.3, 0.4) is 0 Å². The van der Waals surface area contributed by atoms with Gasteiger partial charge in [-0.3, -0.25) is 14.2 Å². The number of aromatic nitrogens is 3. The van der Waals surface area contributed by atoms with Crippen LogP contribution in [0.5, 0.6) is 5.75 Å². The summed E-state index contributed by atoms with van der Waals surface area (Å²) in [6.45, 7) is 0.603. The summed E-state index contributed by atoms with van der Waals surface area (Å²) in [6, 6.07) is 24.4. The van der Waals surface area contributed by atoms with Crippen molar-refractivity contribution < 1.29 is 19.1 Å². The van der Waals surface area contributed by atoms with E-state index in [0.29, 0.717) is 35.4 Å². The van der Waals surface area contributed by atoms with E-state index in [1.807, 2.05) is 59.2 Å². The van der Waals surface area contributed by atoms with Crippen molar-refractivity contribution in [1.29, 1.82) is 0 Å². The van der Waals surface area contributed by atoms with Gasteiger partial charge in [0, 0.05) is 29.2 Å². The van der Waals surface area contributed by atoms with Gasteiger partial charge in [-0.25, -0.2) is 0 Å². The first-order valence-corrected chi connectivity index (χ1v) is 13.2. The second-order valence-electron chi connectivity index (χ2n) is 8.61. The lowest BCUT2D eigenvalue weighted by molar-refractivity contribution is -0.124. The molecule has 38 heavy (non-hydrogen) atoms. The lowest BCUT2D eigenvalue weighted by Gasteiger charge is -2.12. The predicted molar refractivity (Wildman–Crippen MR) is 147 cm³/mol. The maximum Gasteiger partial charge on any atom is 0.253 e. The van der Waals surface area contributed by atoms with Crippen LogP contribution >= 0.6 is 11.8 Å². The average molecular weight is 530 g/mol. The van der Waals surface area contributed by atoms with E-state index in [1.54, 1.807) is 31.4 Å². The molecule has 3 aromatic carbocycles. The molecule has 1 atom stereocenters. The fourth-order valence-corrected chi connectivity index (χ4v) is 4.86. The third kappa shape index (κ3) is 6.04. The van der Waals surface area contributed by atoms with Gasteiger partial charge < -0.3 is 20.1 Å². The largest absolute Gasteiger partial charge is 0.497 e. The predicted octanol–water partition coefficient (Wildman–Crippen LogP) is 4.79. The standard InChI is InChI=1S/C28H27N5O4S/c1-36-23-14-12-19(13-15-23)26-31-32-28(33(26)22-9-3-2-4-10-22)38-18-25(34)29-20-7-5-8-21(17-20)30-27(35)24-11-6-16-37-24/h2-5,7-10,12-15,17,24H,6,11,16,18H2,1H3,(H,29,34)(H,30,35). The molecule has 1 aliphatic rings. The molecule has 2 N–H and O–H groups in total. The minimum atomic E-state index is -0.422. The smallest absolute Gasteiger partial charge is 0.253 e. The molecule has 5 rings (SSSR count). The van der Waals surface area contributed by atoms with E-state index < -0.39 is 6.10 Å². The number of ether oxygens (including phenoxy) is 2. The molecule has 10 heteroatoms. The number of hydrogen-bond acceptors (Lipinski definition) is 7. The molecule has 1 unspecified atom stereocenters. The number of thioether (sulfide) groups is 1. The normalized spacial score (nSPS) is 14.7. The number of carbonyl (C=O) groups excluding carboxylic acids is 2. The lowest BCUT2D eigenvalue weighted by Crippen LogP contribution is -2.26. The Bertz CT molecular complexity index is 1400. The molecular weight excluding hydrogens is 502 g/mol. The summed E-state index contributed by atoms with van der Waals surface area (Å²) in [4.78, 5) is 25.2. The maximum absolute atomic E-state index is 12.8. The van der Waals surface area contributed by atoms with Crippen molar-refractivity contribution in [3.8, 4) is 22.8 Å². The van der Waals surface area contributed by atoms with Crippen LogP contribution in [0.4, 0.5) is 11.4 Å². The Balaban J connectivity index is 1.28. The number of amides is 2. The fourth-order valence-electron chi connectivity index (χ4n) is 4.11. The summed E-state index contributed by atoms with van der Waals surface area (Å²) < 4.78 is 12.6. The number of nitrogens with one attached hydrogen (secondary N) is 2. The van der Waals surface area contributed by atoms with Gasteiger partial charge in [-0.15, -0.1) is 10.2 Å². The van der Waals surface area contributed by atoms with Crippen LogP contribution in [0.25, 0.3) is 17.1 Å². The van der Waals surface area contributed by atoms with Crippen LogP contribution in [0, 0.1) is 0 Å². The Kier molecular flexibility index (Phi) is 8.01. The minimum Gasteiger partial charge on any atom is -0.497 e. The minimum absolute atomic E-state index is 0.125. The zero-order chi connectivity index (χ0) is 26.3. The Morgan fingerprint density at radius 1 is 1.00 bits per heavy atom. The molecule has 0 spiro atoms. The van der Waals surface area contributed by atoms with Gasteiger partial charge in [-0.05, 0) is 67.4 Å². The van der Waals surface area contributed by atoms with E-state index >= 15 is 0 Å². The summed E-state index contributed by atoms with van der Waals surface area (Å²) >= 11 is 1.29. The monoisotopic (exact) mass is 529 g/mol. The molecule has 9 nitrogen and oxygen atoms in total. The highest BCUT2D eigenvalue weighted by molar-refractivity contribution is 7.99. The molecule has 1 saturated heterocycles. The third-order valence-electron chi connectivity index (χ3n) is 5.96. The first-order chi connectivity index (χ1) is 18.6. The second-order valence-corrected chi connectivity index (χ2v) is 9.56. The molecule has 0 saturated carbocycles. The summed E-state index contributed by atoms with van der Waals surface area (Å²) in [6.07, 6.45) is 1.17. The number of methoxy groups -OCH3 is 1. The summed E-state index contributed by atoms with van der Waals surface area (Å²) in [5.41, 5.74) is 2.95. The van der Waals surface area contributed by atoms with Gasteiger partial charge >= 0.3 is 0 Å². The number of nitrogens with zero attached hydrogens (tertiary/aromatic N) is 3. The van der Waals surface area contributed by atoms with Crippen molar-refractivity contribution in [1.82, 2.24) is 14.8 Å². The van der Waals surface area contributed by atoms with Crippen molar-refractivity contribution >= 4 is 35.0 Å². The Labute approximate surface area is 224 Å². The third-order valence-corrected chi connectivity index (χ3v) is 6.89. The summed E-state index contributed by atoms with van der Waals surface area (Å²) in [5.74, 6) is 1.17. The lowest BCUT2D eigenvalue weighted by atomic mass is 10.2. The van der Waals surface area contributed by atoms with Gasteiger partial charge in [0.05, 0.1) is 12.9 Å². The van der Waals surface area contributed by atoms with Crippen LogP contribution in [-0.4, -0.2) is 52.2 Å². The van der Waals surface area contributed by atoms with Crippen LogP contribution in [-0.2, 0) is 14.3 Å². The number of anilines is 2. The van der Waals surface area contributed by atoms with Gasteiger partial charge in [0.2, 0.25) is 5.91 Å². The fraction of sp³-hybridized carbons (Fsp3) is 0.214. The number of hydrogen-bond donors (Lipinski definition) is 2. The van der Waals surface area contributed by atoms with E-state index in [4.69, 9.17) is 9.47 Å². The number of para-hydroxylation sites is 1. The molecule has 0 bridgehead atoms. The average Bonchev–Trinajstić information content (AvgIpc) is 3.64. The highest BCUT2D eigenvalue weighted by atomic mass is 32.2. The van der Waals surface area contributed by atoms with Crippen LogP contribution < -0.4 is 15.4 Å². The highest BCUT2D eigenvalue weighted by Crippen LogP contribution is 2.29. The number of rotatable bonds is 9. The van der Waals surface area contributed by atoms with E-state index in [9.17, 15) is 9.59 Å². The van der Waals surface area contributed by atoms with E-state index in [1.165, 1.54) is 11.8 Å². The molecule has 1 fully saturated rings. The van der Waals surface area contributed by atoms with Crippen LogP contribution in [0.15, 0.2) is 84.0 Å². The van der Waals surface area contributed by atoms with Crippen molar-refractivity contribution in [3.05, 3.63) is 78.9 Å². The van der Waals surface area contributed by atoms with Gasteiger partial charge in [0.1, 0.15) is 11.9 Å². The topological polar surface area (TPSA) is 107 Å². The molecule has 2 amide bonds. The first-order valence-electron chi connectivity index (χ1n) is 12.2. The Hall–Kier alpha value is -4.15. The molecule has 4 aromatic rings. The van der Waals surface area contributed by atoms with Gasteiger partial charge in [-0.2, -0.15) is 0 Å². The van der Waals surface area contributed by atoms with Crippen molar-refractivity contribution in [2.75, 3.05) is 30.1 Å². The number of carbonyl (C=O) groups is 2. The molecule has 2 heterocycles. The van der Waals surface area contributed by atoms with Gasteiger partial charge in [-0.1, -0.05) is 36.0 Å². The quantitative estimate of drug-likeness (QED) is 0.300. The Morgan fingerprint density at radius 2 is 1.76 bits per heavy atom. The van der Waals surface area contributed by atoms with E-state index in [2.05, 4.69) is 20.8 Å². The molecule has 0 radical (unpaired) electrons. The number of benzene rings is 3. The summed E-state index contributed by atoms with van der Waals surface area (Å²) in [5, 5.41) is 15.1. The van der Waals surface area contributed by atoms with E-state index in [-0.39, 0.29) is 17.6 Å². The second kappa shape index (κ2) is 11.9. The zero-order valence-electron chi connectivity index (χ0n) is 20.8. The van der Waals surface area contributed by atoms with Crippen LogP contribution in [0.2, 0.25) is 0 Å². The van der Waals surface area contributed by atoms with E-state index in [0.717, 1.165) is 23.4 Å². The van der Waals surface area contributed by atoms with Crippen molar-refractivity contribution in [2.24, 2.45) is 0 Å². The van der Waals surface area contributed by atoms with Gasteiger partial charge in [0.25, 0.3) is 5.91 Å². The van der Waals surface area contributed by atoms with Crippen molar-refractivity contribution in [2.45, 2.75) is 24.1 Å². The molecular formula is C28H27N5O4S. The molecule has 194 valence electrons. The molecule has 0 aliphatic carbocycles. The van der Waals surface area contributed by atoms with Crippen molar-refractivity contribution in [3.63, 3.8) is 0 Å². The molecule has 1 aromatic heterocycles. The first kappa shape index (κ1) is 25.5. The van der Waals surface area contributed by atoms with Gasteiger partial charge in [0.15, 0.2) is 11.0 Å². The highest BCUT2D eigenvalue weighted by Gasteiger charge is 2.23. The zero-order valence-corrected chi connectivity index (χ0v) is 21.6. The summed E-state index contributed by atoms with van der Waals surface area (Å²) in [7, 11) is 1.62.